The van der Waals surface area contributed by atoms with E-state index in [9.17, 15) is 0 Å². The zero-order chi connectivity index (χ0) is 16.2. The average Bonchev–Trinajstić information content (AvgIpc) is 3.33. The summed E-state index contributed by atoms with van der Waals surface area (Å²) >= 11 is 0. The summed E-state index contributed by atoms with van der Waals surface area (Å²) in [5.74, 6) is 1.49. The van der Waals surface area contributed by atoms with E-state index in [1.54, 1.807) is 0 Å². The monoisotopic (exact) mass is 323 g/mol. The summed E-state index contributed by atoms with van der Waals surface area (Å²) < 4.78 is 5.95. The molecule has 0 radical (unpaired) electrons. The van der Waals surface area contributed by atoms with Crippen molar-refractivity contribution in [2.45, 2.75) is 31.2 Å². The summed E-state index contributed by atoms with van der Waals surface area (Å²) in [5.41, 5.74) is 2.61. The Labute approximate surface area is 143 Å². The third-order valence-corrected chi connectivity index (χ3v) is 5.14. The second-order valence-corrected chi connectivity index (χ2v) is 6.83. The van der Waals surface area contributed by atoms with Gasteiger partial charge in [-0.15, -0.1) is 0 Å². The van der Waals surface area contributed by atoms with E-state index in [0.29, 0.717) is 12.0 Å². The SMILES string of the molecule is c1ccc([C@H]2CCN(c3cncc(OC[C@@H]4CCCN4)c3)C2)cc1. The van der Waals surface area contributed by atoms with Crippen molar-refractivity contribution in [1.29, 1.82) is 0 Å². The van der Waals surface area contributed by atoms with Crippen LogP contribution in [0.3, 0.4) is 0 Å². The van der Waals surface area contributed by atoms with Crippen LogP contribution in [0.1, 0.15) is 30.7 Å². The van der Waals surface area contributed by atoms with Crippen molar-refractivity contribution in [3.8, 4) is 5.75 Å². The van der Waals surface area contributed by atoms with Crippen molar-refractivity contribution < 1.29 is 4.74 Å². The van der Waals surface area contributed by atoms with Crippen molar-refractivity contribution in [3.63, 3.8) is 0 Å². The maximum Gasteiger partial charge on any atom is 0.139 e. The molecular weight excluding hydrogens is 298 g/mol. The first kappa shape index (κ1) is 15.5. The molecule has 0 aliphatic carbocycles. The van der Waals surface area contributed by atoms with Crippen LogP contribution in [0.4, 0.5) is 5.69 Å². The first-order valence-corrected chi connectivity index (χ1v) is 8.99. The Hall–Kier alpha value is -2.07. The van der Waals surface area contributed by atoms with E-state index in [-0.39, 0.29) is 0 Å². The van der Waals surface area contributed by atoms with E-state index in [4.69, 9.17) is 4.74 Å². The summed E-state index contributed by atoms with van der Waals surface area (Å²) in [7, 11) is 0. The zero-order valence-corrected chi connectivity index (χ0v) is 14.0. The average molecular weight is 323 g/mol. The van der Waals surface area contributed by atoms with E-state index in [1.165, 1.54) is 30.5 Å². The molecule has 4 heteroatoms. The molecule has 1 N–H and O–H groups in total. The molecule has 1 aromatic heterocycles. The third-order valence-electron chi connectivity index (χ3n) is 5.14. The number of rotatable bonds is 5. The van der Waals surface area contributed by atoms with Crippen LogP contribution >= 0.6 is 0 Å². The molecule has 2 aliphatic rings. The molecule has 0 amide bonds. The number of hydrogen-bond acceptors (Lipinski definition) is 4. The number of pyridine rings is 1. The molecule has 0 bridgehead atoms. The van der Waals surface area contributed by atoms with Gasteiger partial charge in [-0.2, -0.15) is 0 Å². The zero-order valence-electron chi connectivity index (χ0n) is 14.0. The van der Waals surface area contributed by atoms with Gasteiger partial charge in [-0.3, -0.25) is 4.98 Å². The van der Waals surface area contributed by atoms with Crippen LogP contribution in [0.5, 0.6) is 5.75 Å². The summed E-state index contributed by atoms with van der Waals surface area (Å²) in [5, 5.41) is 3.46. The first-order valence-electron chi connectivity index (χ1n) is 8.99. The van der Waals surface area contributed by atoms with E-state index >= 15 is 0 Å². The molecule has 24 heavy (non-hydrogen) atoms. The molecule has 2 saturated heterocycles. The molecular formula is C20H25N3O. The smallest absolute Gasteiger partial charge is 0.139 e. The molecule has 0 saturated carbocycles. The molecule has 1 aromatic carbocycles. The van der Waals surface area contributed by atoms with E-state index in [2.05, 4.69) is 51.6 Å². The number of ether oxygens (including phenoxy) is 1. The fourth-order valence-corrected chi connectivity index (χ4v) is 3.75. The van der Waals surface area contributed by atoms with Gasteiger partial charge in [0.25, 0.3) is 0 Å². The number of benzene rings is 1. The van der Waals surface area contributed by atoms with Crippen molar-refractivity contribution in [1.82, 2.24) is 10.3 Å². The minimum absolute atomic E-state index is 0.489. The lowest BCUT2D eigenvalue weighted by Crippen LogP contribution is -2.28. The quantitative estimate of drug-likeness (QED) is 0.917. The standard InChI is InChI=1S/C20H25N3O/c1-2-5-16(6-3-1)17-8-10-23(14-17)19-11-20(13-21-12-19)24-15-18-7-4-9-22-18/h1-3,5-6,11-13,17-18,22H,4,7-10,14-15H2/t17-,18-/m0/s1. The highest BCUT2D eigenvalue weighted by Gasteiger charge is 2.24. The van der Waals surface area contributed by atoms with Crippen molar-refractivity contribution in [2.75, 3.05) is 31.1 Å². The van der Waals surface area contributed by atoms with E-state index in [0.717, 1.165) is 32.0 Å². The molecule has 4 nitrogen and oxygen atoms in total. The Morgan fingerprint density at radius 3 is 2.92 bits per heavy atom. The third kappa shape index (κ3) is 3.54. The second-order valence-electron chi connectivity index (χ2n) is 6.83. The molecule has 0 unspecified atom stereocenters. The van der Waals surface area contributed by atoms with Crippen molar-refractivity contribution in [2.24, 2.45) is 0 Å². The van der Waals surface area contributed by atoms with Gasteiger partial charge < -0.3 is 15.0 Å². The van der Waals surface area contributed by atoms with Gasteiger partial charge in [-0.25, -0.2) is 0 Å². The number of nitrogens with one attached hydrogen (secondary N) is 1. The van der Waals surface area contributed by atoms with Gasteiger partial charge in [0.05, 0.1) is 18.1 Å². The second kappa shape index (κ2) is 7.22. The fourth-order valence-electron chi connectivity index (χ4n) is 3.75. The lowest BCUT2D eigenvalue weighted by atomic mass is 9.99. The number of hydrogen-bond donors (Lipinski definition) is 1. The fraction of sp³-hybridized carbons (Fsp3) is 0.450. The van der Waals surface area contributed by atoms with Crippen LogP contribution in [-0.4, -0.2) is 37.3 Å². The molecule has 2 fully saturated rings. The van der Waals surface area contributed by atoms with Gasteiger partial charge in [0.1, 0.15) is 12.4 Å². The van der Waals surface area contributed by atoms with Gasteiger partial charge in [-0.05, 0) is 31.4 Å². The van der Waals surface area contributed by atoms with Crippen LogP contribution in [0, 0.1) is 0 Å². The minimum atomic E-state index is 0.489. The normalized spacial score (nSPS) is 23.6. The Balaban J connectivity index is 1.38. The predicted octanol–water partition coefficient (Wildman–Crippen LogP) is 3.21. The summed E-state index contributed by atoms with van der Waals surface area (Å²) in [6, 6.07) is 13.4. The van der Waals surface area contributed by atoms with Crippen molar-refractivity contribution >= 4 is 5.69 Å². The van der Waals surface area contributed by atoms with Crippen LogP contribution < -0.4 is 15.0 Å². The summed E-state index contributed by atoms with van der Waals surface area (Å²) in [6.07, 6.45) is 7.43. The largest absolute Gasteiger partial charge is 0.490 e. The minimum Gasteiger partial charge on any atom is -0.490 e. The van der Waals surface area contributed by atoms with Gasteiger partial charge in [0.2, 0.25) is 0 Å². The maximum atomic E-state index is 5.95. The van der Waals surface area contributed by atoms with Crippen LogP contribution in [-0.2, 0) is 0 Å². The van der Waals surface area contributed by atoms with Crippen molar-refractivity contribution in [3.05, 3.63) is 54.4 Å². The highest BCUT2D eigenvalue weighted by molar-refractivity contribution is 5.50. The van der Waals surface area contributed by atoms with Crippen LogP contribution in [0.2, 0.25) is 0 Å². The highest BCUT2D eigenvalue weighted by atomic mass is 16.5. The summed E-state index contributed by atoms with van der Waals surface area (Å²) in [4.78, 5) is 6.81. The number of nitrogens with zero attached hydrogens (tertiary/aromatic N) is 2. The van der Waals surface area contributed by atoms with Crippen LogP contribution in [0.15, 0.2) is 48.8 Å². The Kier molecular flexibility index (Phi) is 4.65. The predicted molar refractivity (Wildman–Crippen MR) is 96.8 cm³/mol. The Morgan fingerprint density at radius 2 is 2.08 bits per heavy atom. The molecule has 126 valence electrons. The Morgan fingerprint density at radius 1 is 1.17 bits per heavy atom. The number of aromatic nitrogens is 1. The van der Waals surface area contributed by atoms with Gasteiger partial charge in [0, 0.05) is 31.1 Å². The van der Waals surface area contributed by atoms with E-state index in [1.807, 2.05) is 12.4 Å². The lowest BCUT2D eigenvalue weighted by molar-refractivity contribution is 0.276. The first-order chi connectivity index (χ1) is 11.9. The molecule has 4 rings (SSSR count). The van der Waals surface area contributed by atoms with Gasteiger partial charge in [0.15, 0.2) is 0 Å². The molecule has 2 aromatic rings. The van der Waals surface area contributed by atoms with E-state index < -0.39 is 0 Å². The molecule has 2 atom stereocenters. The topological polar surface area (TPSA) is 37.4 Å². The van der Waals surface area contributed by atoms with Gasteiger partial charge >= 0.3 is 0 Å². The lowest BCUT2D eigenvalue weighted by Gasteiger charge is -2.19. The molecule has 2 aliphatic heterocycles. The maximum absolute atomic E-state index is 5.95. The Bertz CT molecular complexity index is 655. The highest BCUT2D eigenvalue weighted by Crippen LogP contribution is 2.31. The number of anilines is 1. The summed E-state index contributed by atoms with van der Waals surface area (Å²) in [6.45, 7) is 3.98. The van der Waals surface area contributed by atoms with Crippen LogP contribution in [0.25, 0.3) is 0 Å². The molecule has 0 spiro atoms. The van der Waals surface area contributed by atoms with Gasteiger partial charge in [-0.1, -0.05) is 30.3 Å². The molecule has 3 heterocycles.